The van der Waals surface area contributed by atoms with Gasteiger partial charge in [-0.2, -0.15) is 0 Å². The SMILES string of the molecule is CN=C(N)NOCCNC(=O)Cc1cc(C)[nH]c(=O)c1NS(=O)(=O)c1cccc(C)c1. The number of pyridine rings is 1. The number of aromatic nitrogens is 1. The lowest BCUT2D eigenvalue weighted by Gasteiger charge is -2.13. The molecular weight excluding hydrogens is 424 g/mol. The van der Waals surface area contributed by atoms with Crippen LogP contribution in [0.2, 0.25) is 0 Å². The molecule has 11 nitrogen and oxygen atoms in total. The van der Waals surface area contributed by atoms with Crippen LogP contribution in [0.4, 0.5) is 5.69 Å². The summed E-state index contributed by atoms with van der Waals surface area (Å²) in [7, 11) is -2.53. The van der Waals surface area contributed by atoms with Crippen molar-refractivity contribution in [2.24, 2.45) is 10.7 Å². The van der Waals surface area contributed by atoms with Gasteiger partial charge in [0.15, 0.2) is 0 Å². The second-order valence-electron chi connectivity index (χ2n) is 6.69. The van der Waals surface area contributed by atoms with E-state index >= 15 is 0 Å². The molecule has 1 amide bonds. The quantitative estimate of drug-likeness (QED) is 0.154. The summed E-state index contributed by atoms with van der Waals surface area (Å²) in [4.78, 5) is 36.0. The number of rotatable bonds is 9. The summed E-state index contributed by atoms with van der Waals surface area (Å²) in [6.45, 7) is 3.68. The number of nitrogens with one attached hydrogen (secondary N) is 4. The minimum atomic E-state index is -4.02. The van der Waals surface area contributed by atoms with Crippen LogP contribution in [0.15, 0.2) is 45.0 Å². The van der Waals surface area contributed by atoms with E-state index in [0.717, 1.165) is 5.56 Å². The van der Waals surface area contributed by atoms with Crippen LogP contribution in [-0.2, 0) is 26.1 Å². The number of hydroxylamine groups is 1. The number of aromatic amines is 1. The Kier molecular flexibility index (Phi) is 8.16. The molecule has 31 heavy (non-hydrogen) atoms. The highest BCUT2D eigenvalue weighted by molar-refractivity contribution is 7.92. The van der Waals surface area contributed by atoms with Crippen molar-refractivity contribution in [1.82, 2.24) is 15.8 Å². The Morgan fingerprint density at radius 1 is 1.26 bits per heavy atom. The maximum atomic E-state index is 12.7. The lowest BCUT2D eigenvalue weighted by atomic mass is 10.1. The second-order valence-corrected chi connectivity index (χ2v) is 8.37. The maximum Gasteiger partial charge on any atom is 0.272 e. The van der Waals surface area contributed by atoms with Gasteiger partial charge < -0.3 is 16.0 Å². The zero-order valence-corrected chi connectivity index (χ0v) is 18.3. The second kappa shape index (κ2) is 10.6. The van der Waals surface area contributed by atoms with Gasteiger partial charge in [-0.3, -0.25) is 24.1 Å². The van der Waals surface area contributed by atoms with Crippen molar-refractivity contribution in [2.45, 2.75) is 25.2 Å². The third kappa shape index (κ3) is 7.12. The van der Waals surface area contributed by atoms with Gasteiger partial charge in [-0.15, -0.1) is 0 Å². The molecule has 1 aromatic heterocycles. The van der Waals surface area contributed by atoms with Crippen molar-refractivity contribution in [3.63, 3.8) is 0 Å². The fourth-order valence-corrected chi connectivity index (χ4v) is 3.84. The number of aryl methyl sites for hydroxylation is 2. The molecule has 0 saturated carbocycles. The number of benzene rings is 1. The monoisotopic (exact) mass is 450 g/mol. The topological polar surface area (TPSA) is 168 Å². The number of anilines is 1. The number of hydrogen-bond donors (Lipinski definition) is 5. The summed E-state index contributed by atoms with van der Waals surface area (Å²) in [5, 5.41) is 2.62. The van der Waals surface area contributed by atoms with E-state index < -0.39 is 21.5 Å². The molecule has 0 fully saturated rings. The number of carbonyl (C=O) groups excluding carboxylic acids is 1. The number of hydrogen-bond acceptors (Lipinski definition) is 6. The number of aliphatic imine (C=N–C) groups is 1. The highest BCUT2D eigenvalue weighted by Gasteiger charge is 2.20. The van der Waals surface area contributed by atoms with E-state index in [4.69, 9.17) is 10.6 Å². The Bertz CT molecular complexity index is 1130. The van der Waals surface area contributed by atoms with Crippen LogP contribution in [0, 0.1) is 13.8 Å². The zero-order chi connectivity index (χ0) is 23.0. The summed E-state index contributed by atoms with van der Waals surface area (Å²) >= 11 is 0. The van der Waals surface area contributed by atoms with Crippen LogP contribution >= 0.6 is 0 Å². The predicted molar refractivity (Wildman–Crippen MR) is 117 cm³/mol. The standard InChI is InChI=1S/C19H26N6O5S/c1-12-5-4-6-15(9-12)31(28,29)25-17-14(10-13(2)23-18(17)27)11-16(26)22-7-8-30-24-19(20)21-3/h4-6,9-10,25H,7-8,11H2,1-3H3,(H,22,26)(H,23,27)(H3,20,21,24). The number of amides is 1. The summed E-state index contributed by atoms with van der Waals surface area (Å²) < 4.78 is 27.8. The molecule has 0 saturated heterocycles. The Morgan fingerprint density at radius 2 is 2.00 bits per heavy atom. The molecule has 0 aliphatic heterocycles. The first-order valence-electron chi connectivity index (χ1n) is 9.31. The number of H-pyrrole nitrogens is 1. The van der Waals surface area contributed by atoms with Crippen molar-refractivity contribution in [1.29, 1.82) is 0 Å². The Balaban J connectivity index is 2.12. The highest BCUT2D eigenvalue weighted by atomic mass is 32.2. The smallest absolute Gasteiger partial charge is 0.272 e. The van der Waals surface area contributed by atoms with Gasteiger partial charge in [-0.25, -0.2) is 13.9 Å². The lowest BCUT2D eigenvalue weighted by molar-refractivity contribution is -0.120. The van der Waals surface area contributed by atoms with Gasteiger partial charge in [0.1, 0.15) is 5.69 Å². The molecule has 0 bridgehead atoms. The summed E-state index contributed by atoms with van der Waals surface area (Å²) in [6, 6.07) is 7.82. The van der Waals surface area contributed by atoms with E-state index in [1.165, 1.54) is 19.2 Å². The van der Waals surface area contributed by atoms with E-state index in [2.05, 4.69) is 25.5 Å². The van der Waals surface area contributed by atoms with Crippen LogP contribution in [0.5, 0.6) is 0 Å². The van der Waals surface area contributed by atoms with E-state index in [1.807, 2.05) is 0 Å². The minimum Gasteiger partial charge on any atom is -0.368 e. The molecule has 0 spiro atoms. The third-order valence-electron chi connectivity index (χ3n) is 4.08. The Hall–Kier alpha value is -3.38. The molecule has 2 rings (SSSR count). The first-order chi connectivity index (χ1) is 14.6. The fraction of sp³-hybridized carbons (Fsp3) is 0.316. The fourth-order valence-electron chi connectivity index (χ4n) is 2.63. The van der Waals surface area contributed by atoms with E-state index in [9.17, 15) is 18.0 Å². The van der Waals surface area contributed by atoms with Gasteiger partial charge in [0.2, 0.25) is 11.9 Å². The molecule has 1 heterocycles. The van der Waals surface area contributed by atoms with Crippen LogP contribution in [0.3, 0.4) is 0 Å². The molecule has 0 aliphatic rings. The average molecular weight is 451 g/mol. The molecule has 1 aromatic carbocycles. The minimum absolute atomic E-state index is 0.0161. The third-order valence-corrected chi connectivity index (χ3v) is 5.43. The Labute approximate surface area is 180 Å². The van der Waals surface area contributed by atoms with Gasteiger partial charge in [-0.1, -0.05) is 12.1 Å². The normalized spacial score (nSPS) is 11.8. The first kappa shape index (κ1) is 23.9. The molecule has 0 atom stereocenters. The number of nitrogens with two attached hydrogens (primary N) is 1. The summed E-state index contributed by atoms with van der Waals surface area (Å²) in [6.07, 6.45) is -0.206. The van der Waals surface area contributed by atoms with Crippen molar-refractivity contribution in [3.8, 4) is 0 Å². The molecular formula is C19H26N6O5S. The summed E-state index contributed by atoms with van der Waals surface area (Å²) in [5.74, 6) is -0.322. The van der Waals surface area contributed by atoms with Gasteiger partial charge in [-0.05, 0) is 43.2 Å². The Morgan fingerprint density at radius 3 is 2.68 bits per heavy atom. The molecule has 12 heteroatoms. The van der Waals surface area contributed by atoms with Crippen molar-refractivity contribution in [2.75, 3.05) is 24.9 Å². The van der Waals surface area contributed by atoms with Crippen LogP contribution in [0.1, 0.15) is 16.8 Å². The van der Waals surface area contributed by atoms with E-state index in [-0.39, 0.29) is 41.7 Å². The van der Waals surface area contributed by atoms with Gasteiger partial charge in [0.25, 0.3) is 15.6 Å². The molecule has 2 aromatic rings. The predicted octanol–water partition coefficient (Wildman–Crippen LogP) is -0.0831. The van der Waals surface area contributed by atoms with Crippen molar-refractivity contribution >= 4 is 27.6 Å². The molecule has 168 valence electrons. The number of carbonyl (C=O) groups is 1. The largest absolute Gasteiger partial charge is 0.368 e. The molecule has 6 N–H and O–H groups in total. The average Bonchev–Trinajstić information content (AvgIpc) is 2.70. The van der Waals surface area contributed by atoms with Crippen LogP contribution in [0.25, 0.3) is 0 Å². The van der Waals surface area contributed by atoms with E-state index in [0.29, 0.717) is 5.69 Å². The van der Waals surface area contributed by atoms with Gasteiger partial charge in [0, 0.05) is 19.3 Å². The lowest BCUT2D eigenvalue weighted by Crippen LogP contribution is -2.35. The first-order valence-corrected chi connectivity index (χ1v) is 10.8. The van der Waals surface area contributed by atoms with Crippen molar-refractivity contribution in [3.05, 3.63) is 57.5 Å². The molecule has 0 unspecified atom stereocenters. The molecule has 0 aliphatic carbocycles. The number of sulfonamides is 1. The summed E-state index contributed by atoms with van der Waals surface area (Å²) in [5.41, 5.74) is 8.43. The zero-order valence-electron chi connectivity index (χ0n) is 17.5. The van der Waals surface area contributed by atoms with Gasteiger partial charge >= 0.3 is 0 Å². The number of guanidine groups is 1. The maximum absolute atomic E-state index is 12.7. The van der Waals surface area contributed by atoms with Crippen LogP contribution in [-0.4, -0.2) is 45.5 Å². The number of nitrogens with zero attached hydrogens (tertiary/aromatic N) is 1. The van der Waals surface area contributed by atoms with E-state index in [1.54, 1.807) is 32.0 Å². The van der Waals surface area contributed by atoms with Gasteiger partial charge in [0.05, 0.1) is 17.9 Å². The van der Waals surface area contributed by atoms with Crippen LogP contribution < -0.4 is 26.8 Å². The molecule has 0 radical (unpaired) electrons. The highest BCUT2D eigenvalue weighted by Crippen LogP contribution is 2.18. The van der Waals surface area contributed by atoms with Crippen molar-refractivity contribution < 1.29 is 18.0 Å².